The van der Waals surface area contributed by atoms with Crippen molar-refractivity contribution in [2.75, 3.05) is 0 Å². The van der Waals surface area contributed by atoms with Gasteiger partial charge >= 0.3 is 11.9 Å². The van der Waals surface area contributed by atoms with Crippen LogP contribution >= 0.6 is 0 Å². The van der Waals surface area contributed by atoms with Crippen LogP contribution in [-0.2, 0) is 0 Å². The van der Waals surface area contributed by atoms with Crippen LogP contribution in [0.2, 0.25) is 0 Å². The smallest absolute Gasteiger partial charge is 0.376 e. The molecule has 0 unspecified atom stereocenters. The largest absolute Gasteiger partial charge is 0.478 e. The summed E-state index contributed by atoms with van der Waals surface area (Å²) in [6.45, 7) is 0. The van der Waals surface area contributed by atoms with Crippen molar-refractivity contribution in [3.05, 3.63) is 35.7 Å². The molecule has 8 heteroatoms. The number of tetrazole rings is 1. The lowest BCUT2D eigenvalue weighted by molar-refractivity contribution is 0.0674. The Kier molecular flexibility index (Phi) is 2.53. The van der Waals surface area contributed by atoms with Crippen LogP contribution in [0.25, 0.3) is 5.69 Å². The molecule has 0 aliphatic heterocycles. The predicted octanol–water partition coefficient (Wildman–Crippen LogP) is 0.0587. The maximum absolute atomic E-state index is 10.8. The van der Waals surface area contributed by atoms with Gasteiger partial charge in [-0.3, -0.25) is 0 Å². The molecule has 1 aromatic carbocycles. The molecule has 0 aliphatic carbocycles. The molecule has 2 aromatic rings. The quantitative estimate of drug-likeness (QED) is 0.770. The van der Waals surface area contributed by atoms with E-state index in [2.05, 4.69) is 15.5 Å². The highest BCUT2D eigenvalue weighted by Crippen LogP contribution is 2.10. The molecule has 0 atom stereocenters. The second-order valence-electron chi connectivity index (χ2n) is 3.07. The van der Waals surface area contributed by atoms with E-state index in [1.165, 1.54) is 24.3 Å². The number of aromatic nitrogens is 4. The molecule has 0 fully saturated rings. The van der Waals surface area contributed by atoms with Gasteiger partial charge in [0.05, 0.1) is 11.3 Å². The Labute approximate surface area is 94.1 Å². The number of hydrogen-bond donors (Lipinski definition) is 2. The van der Waals surface area contributed by atoms with Gasteiger partial charge in [-0.05, 0) is 34.7 Å². The van der Waals surface area contributed by atoms with Crippen molar-refractivity contribution in [1.29, 1.82) is 0 Å². The van der Waals surface area contributed by atoms with E-state index in [0.29, 0.717) is 5.69 Å². The average molecular weight is 234 g/mol. The van der Waals surface area contributed by atoms with Gasteiger partial charge < -0.3 is 10.2 Å². The zero-order chi connectivity index (χ0) is 12.4. The van der Waals surface area contributed by atoms with Crippen LogP contribution in [-0.4, -0.2) is 42.4 Å². The van der Waals surface area contributed by atoms with E-state index < -0.39 is 11.9 Å². The van der Waals surface area contributed by atoms with Gasteiger partial charge in [0, 0.05) is 0 Å². The molecule has 1 aromatic heterocycles. The summed E-state index contributed by atoms with van der Waals surface area (Å²) in [5.41, 5.74) is 0.469. The number of aromatic carboxylic acids is 2. The zero-order valence-corrected chi connectivity index (χ0v) is 8.31. The van der Waals surface area contributed by atoms with Crippen molar-refractivity contribution < 1.29 is 19.8 Å². The third kappa shape index (κ3) is 1.95. The number of benzene rings is 1. The summed E-state index contributed by atoms with van der Waals surface area (Å²) in [7, 11) is 0. The fourth-order valence-electron chi connectivity index (χ4n) is 1.24. The van der Waals surface area contributed by atoms with E-state index in [1.807, 2.05) is 0 Å². The Morgan fingerprint density at radius 3 is 2.24 bits per heavy atom. The van der Waals surface area contributed by atoms with E-state index in [-0.39, 0.29) is 11.4 Å². The lowest BCUT2D eigenvalue weighted by Gasteiger charge is -2.01. The van der Waals surface area contributed by atoms with Crippen LogP contribution in [0.1, 0.15) is 21.0 Å². The first-order valence-electron chi connectivity index (χ1n) is 4.45. The lowest BCUT2D eigenvalue weighted by Crippen LogP contribution is -2.09. The first-order chi connectivity index (χ1) is 8.09. The van der Waals surface area contributed by atoms with Crippen LogP contribution in [0.15, 0.2) is 24.3 Å². The molecular weight excluding hydrogens is 228 g/mol. The average Bonchev–Trinajstić information content (AvgIpc) is 2.78. The number of carbonyl (C=O) groups is 2. The Bertz CT molecular complexity index is 575. The van der Waals surface area contributed by atoms with Crippen LogP contribution < -0.4 is 0 Å². The van der Waals surface area contributed by atoms with Crippen molar-refractivity contribution >= 4 is 11.9 Å². The van der Waals surface area contributed by atoms with Gasteiger partial charge in [0.2, 0.25) is 0 Å². The predicted molar refractivity (Wildman–Crippen MR) is 53.1 cm³/mol. The highest BCUT2D eigenvalue weighted by molar-refractivity contribution is 5.88. The van der Waals surface area contributed by atoms with E-state index in [9.17, 15) is 9.59 Å². The molecule has 0 saturated heterocycles. The minimum absolute atomic E-state index is 0.0960. The molecule has 8 nitrogen and oxygen atoms in total. The van der Waals surface area contributed by atoms with Gasteiger partial charge in [-0.25, -0.2) is 9.59 Å². The molecule has 2 N–H and O–H groups in total. The van der Waals surface area contributed by atoms with Crippen LogP contribution in [0, 0.1) is 0 Å². The first-order valence-corrected chi connectivity index (χ1v) is 4.45. The summed E-state index contributed by atoms with van der Waals surface area (Å²) >= 11 is 0. The Hall–Kier alpha value is -2.77. The Balaban J connectivity index is 2.43. The van der Waals surface area contributed by atoms with Crippen molar-refractivity contribution in [3.8, 4) is 5.69 Å². The second-order valence-corrected chi connectivity index (χ2v) is 3.07. The lowest BCUT2D eigenvalue weighted by atomic mass is 10.2. The number of hydrogen-bond acceptors (Lipinski definition) is 5. The highest BCUT2D eigenvalue weighted by Gasteiger charge is 2.15. The zero-order valence-electron chi connectivity index (χ0n) is 8.31. The van der Waals surface area contributed by atoms with E-state index in [0.717, 1.165) is 4.68 Å². The monoisotopic (exact) mass is 234 g/mol. The van der Waals surface area contributed by atoms with Crippen molar-refractivity contribution in [1.82, 2.24) is 20.2 Å². The molecule has 0 bridgehead atoms. The Morgan fingerprint density at radius 2 is 1.71 bits per heavy atom. The van der Waals surface area contributed by atoms with Crippen LogP contribution in [0.5, 0.6) is 0 Å². The van der Waals surface area contributed by atoms with Gasteiger partial charge in [-0.15, -0.1) is 5.10 Å². The fourth-order valence-corrected chi connectivity index (χ4v) is 1.24. The minimum atomic E-state index is -1.27. The summed E-state index contributed by atoms with van der Waals surface area (Å²) < 4.78 is 1.01. The molecule has 1 heterocycles. The summed E-state index contributed by atoms with van der Waals surface area (Å²) in [5.74, 6) is -2.67. The first kappa shape index (κ1) is 10.7. The maximum atomic E-state index is 10.8. The van der Waals surface area contributed by atoms with Gasteiger partial charge in [-0.1, -0.05) is 0 Å². The van der Waals surface area contributed by atoms with Gasteiger partial charge in [0.15, 0.2) is 0 Å². The molecule has 0 amide bonds. The molecular formula is C9H6N4O4. The van der Waals surface area contributed by atoms with E-state index in [1.54, 1.807) is 0 Å². The third-order valence-electron chi connectivity index (χ3n) is 2.02. The van der Waals surface area contributed by atoms with E-state index >= 15 is 0 Å². The van der Waals surface area contributed by atoms with Gasteiger partial charge in [0.25, 0.3) is 5.82 Å². The van der Waals surface area contributed by atoms with E-state index in [4.69, 9.17) is 10.2 Å². The molecule has 0 aliphatic rings. The highest BCUT2D eigenvalue weighted by atomic mass is 16.4. The fraction of sp³-hybridized carbons (Fsp3) is 0. The number of carboxylic acid groups (broad SMARTS) is 2. The Morgan fingerprint density at radius 1 is 1.06 bits per heavy atom. The molecule has 0 saturated carbocycles. The summed E-state index contributed by atoms with van der Waals surface area (Å²) in [5, 5.41) is 27.6. The summed E-state index contributed by atoms with van der Waals surface area (Å²) in [4.78, 5) is 21.4. The normalized spacial score (nSPS) is 10.1. The summed E-state index contributed by atoms with van der Waals surface area (Å²) in [6.07, 6.45) is 0. The minimum Gasteiger partial charge on any atom is -0.478 e. The molecule has 0 spiro atoms. The van der Waals surface area contributed by atoms with Crippen molar-refractivity contribution in [3.63, 3.8) is 0 Å². The van der Waals surface area contributed by atoms with Crippen LogP contribution in [0.3, 0.4) is 0 Å². The molecule has 17 heavy (non-hydrogen) atoms. The van der Waals surface area contributed by atoms with Crippen molar-refractivity contribution in [2.24, 2.45) is 0 Å². The maximum Gasteiger partial charge on any atom is 0.376 e. The SMILES string of the molecule is O=C(O)c1ccc(-n2nnnc2C(=O)O)cc1. The van der Waals surface area contributed by atoms with Crippen molar-refractivity contribution in [2.45, 2.75) is 0 Å². The van der Waals surface area contributed by atoms with Gasteiger partial charge in [0.1, 0.15) is 0 Å². The molecule has 0 radical (unpaired) electrons. The third-order valence-corrected chi connectivity index (χ3v) is 2.02. The summed E-state index contributed by atoms with van der Waals surface area (Å²) in [6, 6.07) is 5.52. The molecule has 2 rings (SSSR count). The molecule has 86 valence electrons. The topological polar surface area (TPSA) is 118 Å². The number of nitrogens with zero attached hydrogens (tertiary/aromatic N) is 4. The standard InChI is InChI=1S/C9H6N4O4/c14-8(15)5-1-3-6(4-2-5)13-7(9(16)17)10-11-12-13/h1-4H,(H,14,15)(H,16,17). The van der Waals surface area contributed by atoms with Gasteiger partial charge in [-0.2, -0.15) is 4.68 Å². The van der Waals surface area contributed by atoms with Crippen LogP contribution in [0.4, 0.5) is 0 Å². The number of carboxylic acids is 2. The number of rotatable bonds is 3. The second kappa shape index (κ2) is 4.00.